The molecule has 0 aromatic rings. The van der Waals surface area contributed by atoms with Gasteiger partial charge in [0.2, 0.25) is 0 Å². The van der Waals surface area contributed by atoms with E-state index >= 15 is 0 Å². The predicted octanol–water partition coefficient (Wildman–Crippen LogP) is 3.56. The molecule has 0 unspecified atom stereocenters. The average Bonchev–Trinajstić information content (AvgIpc) is 2.83. The van der Waals surface area contributed by atoms with Crippen LogP contribution in [-0.2, 0) is 34.2 Å². The summed E-state index contributed by atoms with van der Waals surface area (Å²) < 4.78 is 45.9. The molecule has 0 spiro atoms. The molecular weight excluding hydrogens is 509 g/mol. The smallest absolute Gasteiger partial charge is 0.393 e. The molecule has 33 heavy (non-hydrogen) atoms. The van der Waals surface area contributed by atoms with E-state index in [9.17, 15) is 0 Å². The van der Waals surface area contributed by atoms with Crippen LogP contribution >= 0.6 is 0 Å². The highest BCUT2D eigenvalue weighted by Gasteiger charge is 2.47. The first kappa shape index (κ1) is 32.7. The molecule has 0 aliphatic heterocycles. The Kier molecular flexibility index (Phi) is 26.1. The van der Waals surface area contributed by atoms with Crippen LogP contribution in [0.5, 0.6) is 0 Å². The molecule has 0 aromatic heterocycles. The first-order valence-electron chi connectivity index (χ1n) is 10.9. The summed E-state index contributed by atoms with van der Waals surface area (Å²) in [6, 6.07) is 0. The van der Waals surface area contributed by atoms with Crippen LogP contribution in [0.15, 0.2) is 48.6 Å². The fourth-order valence-electron chi connectivity index (χ4n) is 1.79. The third-order valence-electron chi connectivity index (χ3n) is 3.39. The summed E-state index contributed by atoms with van der Waals surface area (Å²) in [5, 5.41) is 0. The zero-order valence-electron chi connectivity index (χ0n) is 20.0. The number of rotatable bonds is 24. The van der Waals surface area contributed by atoms with Gasteiger partial charge in [-0.05, 0) is 53.4 Å². The van der Waals surface area contributed by atoms with Gasteiger partial charge in [0.25, 0.3) is 0 Å². The van der Waals surface area contributed by atoms with E-state index in [1.165, 1.54) is 0 Å². The monoisotopic (exact) mass is 544 g/mol. The third kappa shape index (κ3) is 22.0. The summed E-state index contributed by atoms with van der Waals surface area (Å²) in [5.41, 5.74) is 0. The van der Waals surface area contributed by atoms with E-state index in [0.717, 1.165) is 25.7 Å². The highest BCUT2D eigenvalue weighted by Crippen LogP contribution is 2.11. The van der Waals surface area contributed by atoms with Gasteiger partial charge in [-0.25, -0.2) is 0 Å². The van der Waals surface area contributed by atoms with Crippen molar-refractivity contribution < 1.29 is 34.2 Å². The molecule has 0 heterocycles. The molecule has 0 aliphatic carbocycles. The van der Waals surface area contributed by atoms with Gasteiger partial charge in [0, 0.05) is 26.4 Å². The van der Waals surface area contributed by atoms with Crippen LogP contribution in [0.25, 0.3) is 0 Å². The summed E-state index contributed by atoms with van der Waals surface area (Å²) in [4.78, 5) is 0. The standard InChI is InChI=1S/C20H36O8Si5/c1-5-9-13-17-21-29-25-33(26-30-22-18-14-10-6-2,27-31-23-19-15-11-7-3)28-32-24-20-16-12-8-4/h5-12H,13-20H2,1-4H3. The first-order valence-corrected chi connectivity index (χ1v) is 15.8. The van der Waals surface area contributed by atoms with Crippen LogP contribution in [0.2, 0.25) is 0 Å². The fourth-order valence-corrected chi connectivity index (χ4v) is 8.42. The summed E-state index contributed by atoms with van der Waals surface area (Å²) >= 11 is 0. The molecule has 0 saturated heterocycles. The maximum Gasteiger partial charge on any atom is 0.642 e. The second kappa shape index (κ2) is 26.3. The van der Waals surface area contributed by atoms with Gasteiger partial charge < -0.3 is 34.2 Å². The zero-order chi connectivity index (χ0) is 24.3. The van der Waals surface area contributed by atoms with E-state index in [-0.39, 0.29) is 40.0 Å². The second-order valence-corrected chi connectivity index (χ2v) is 12.2. The summed E-state index contributed by atoms with van der Waals surface area (Å²) in [6.07, 6.45) is 19.2. The van der Waals surface area contributed by atoms with Gasteiger partial charge in [-0.15, -0.1) is 0 Å². The molecule has 0 aliphatic rings. The topological polar surface area (TPSA) is 73.8 Å². The van der Waals surface area contributed by atoms with E-state index in [4.69, 9.17) is 34.2 Å². The molecule has 0 amide bonds. The molecule has 13 heteroatoms. The highest BCUT2D eigenvalue weighted by atomic mass is 28.5. The van der Waals surface area contributed by atoms with Crippen molar-refractivity contribution in [3.05, 3.63) is 48.6 Å². The molecule has 0 bridgehead atoms. The van der Waals surface area contributed by atoms with Crippen molar-refractivity contribution in [1.29, 1.82) is 0 Å². The quantitative estimate of drug-likeness (QED) is 0.104. The summed E-state index contributed by atoms with van der Waals surface area (Å²) in [6.45, 7) is 9.99. The van der Waals surface area contributed by atoms with Gasteiger partial charge in [0.1, 0.15) is 0 Å². The Morgan fingerprint density at radius 1 is 0.455 bits per heavy atom. The zero-order valence-corrected chi connectivity index (χ0v) is 25.0. The van der Waals surface area contributed by atoms with E-state index in [1.54, 1.807) is 0 Å². The van der Waals surface area contributed by atoms with Crippen molar-refractivity contribution >= 4 is 49.1 Å². The largest absolute Gasteiger partial charge is 0.642 e. The molecule has 8 radical (unpaired) electrons. The first-order chi connectivity index (χ1) is 16.2. The molecule has 0 fully saturated rings. The Labute approximate surface area is 211 Å². The van der Waals surface area contributed by atoms with Gasteiger partial charge in [0.15, 0.2) is 0 Å². The van der Waals surface area contributed by atoms with E-state index in [0.29, 0.717) is 26.4 Å². The Morgan fingerprint density at radius 2 is 0.697 bits per heavy atom. The molecular formula is C20H36O8Si5. The van der Waals surface area contributed by atoms with E-state index in [1.807, 2.05) is 76.3 Å². The van der Waals surface area contributed by atoms with Gasteiger partial charge in [0.05, 0.1) is 0 Å². The molecule has 0 saturated carbocycles. The molecule has 0 aromatic carbocycles. The van der Waals surface area contributed by atoms with Crippen molar-refractivity contribution in [3.63, 3.8) is 0 Å². The lowest BCUT2D eigenvalue weighted by Gasteiger charge is -2.26. The SMILES string of the molecule is CC=CCCO[Si]O[Si](O[Si]OCCC=CC)(O[Si]OCCC=CC)O[Si]OCCC=CC. The van der Waals surface area contributed by atoms with Crippen molar-refractivity contribution in [2.24, 2.45) is 0 Å². The fraction of sp³-hybridized carbons (Fsp3) is 0.600. The van der Waals surface area contributed by atoms with Crippen molar-refractivity contribution in [2.75, 3.05) is 26.4 Å². The minimum atomic E-state index is -3.59. The molecule has 8 nitrogen and oxygen atoms in total. The lowest BCUT2D eigenvalue weighted by atomic mass is 10.4. The van der Waals surface area contributed by atoms with Crippen LogP contribution in [0.4, 0.5) is 0 Å². The van der Waals surface area contributed by atoms with Crippen LogP contribution < -0.4 is 0 Å². The van der Waals surface area contributed by atoms with Gasteiger partial charge in [-0.3, -0.25) is 0 Å². The maximum absolute atomic E-state index is 5.89. The summed E-state index contributed by atoms with van der Waals surface area (Å²) in [5.74, 6) is 0. The maximum atomic E-state index is 5.89. The van der Waals surface area contributed by atoms with E-state index in [2.05, 4.69) is 0 Å². The molecule has 0 rings (SSSR count). The lowest BCUT2D eigenvalue weighted by molar-refractivity contribution is 0.110. The highest BCUT2D eigenvalue weighted by molar-refractivity contribution is 6.70. The Bertz CT molecular complexity index is 441. The summed E-state index contributed by atoms with van der Waals surface area (Å²) in [7, 11) is -4.80. The predicted molar refractivity (Wildman–Crippen MR) is 135 cm³/mol. The van der Waals surface area contributed by atoms with Gasteiger partial charge in [-0.1, -0.05) is 48.6 Å². The van der Waals surface area contributed by atoms with Crippen molar-refractivity contribution in [1.82, 2.24) is 0 Å². The molecule has 0 atom stereocenters. The van der Waals surface area contributed by atoms with Crippen LogP contribution in [0.3, 0.4) is 0 Å². The van der Waals surface area contributed by atoms with Gasteiger partial charge >= 0.3 is 49.1 Å². The van der Waals surface area contributed by atoms with E-state index < -0.39 is 9.05 Å². The van der Waals surface area contributed by atoms with Crippen LogP contribution in [-0.4, -0.2) is 75.5 Å². The van der Waals surface area contributed by atoms with Crippen molar-refractivity contribution in [2.45, 2.75) is 53.4 Å². The number of hydrogen-bond acceptors (Lipinski definition) is 8. The molecule has 184 valence electrons. The van der Waals surface area contributed by atoms with Gasteiger partial charge in [-0.2, -0.15) is 0 Å². The minimum absolute atomic E-state index is 0.303. The Morgan fingerprint density at radius 3 is 0.909 bits per heavy atom. The lowest BCUT2D eigenvalue weighted by Crippen LogP contribution is -2.53. The normalized spacial score (nSPS) is 14.4. The number of allylic oxidation sites excluding steroid dienone is 4. The Hall–Kier alpha value is -0.276. The average molecular weight is 545 g/mol. The third-order valence-corrected chi connectivity index (χ3v) is 10.0. The van der Waals surface area contributed by atoms with Crippen LogP contribution in [0.1, 0.15) is 53.4 Å². The van der Waals surface area contributed by atoms with Crippen LogP contribution in [0, 0.1) is 0 Å². The molecule has 0 N–H and O–H groups in total. The number of hydrogen-bond donors (Lipinski definition) is 0. The van der Waals surface area contributed by atoms with Crippen molar-refractivity contribution in [3.8, 4) is 0 Å². The second-order valence-electron chi connectivity index (χ2n) is 6.07. The Balaban J connectivity index is 4.87. The minimum Gasteiger partial charge on any atom is -0.393 e.